The molecule has 29 heavy (non-hydrogen) atoms. The van der Waals surface area contributed by atoms with Crippen molar-refractivity contribution in [2.45, 2.75) is 33.7 Å². The number of nitrogens with one attached hydrogen (secondary N) is 1. The number of ether oxygens (including phenoxy) is 2. The molecular weight excluding hydrogens is 368 g/mol. The molecule has 1 aromatic heterocycles. The van der Waals surface area contributed by atoms with Crippen LogP contribution in [0.25, 0.3) is 5.69 Å². The van der Waals surface area contributed by atoms with Crippen LogP contribution in [0, 0.1) is 20.8 Å². The lowest BCUT2D eigenvalue weighted by Crippen LogP contribution is -2.28. The third-order valence-corrected chi connectivity index (χ3v) is 5.34. The van der Waals surface area contributed by atoms with E-state index in [1.54, 1.807) is 4.68 Å². The maximum atomic E-state index is 12.9. The summed E-state index contributed by atoms with van der Waals surface area (Å²) in [5.74, 6) is 1.12. The second-order valence-electron chi connectivity index (χ2n) is 7.25. The lowest BCUT2D eigenvalue weighted by Gasteiger charge is -2.19. The van der Waals surface area contributed by atoms with E-state index in [0.29, 0.717) is 36.1 Å². The zero-order valence-electron chi connectivity index (χ0n) is 17.0. The maximum absolute atomic E-state index is 12.9. The fourth-order valence-electron chi connectivity index (χ4n) is 3.53. The topological polar surface area (TPSA) is 78.3 Å². The largest absolute Gasteiger partial charge is 0.486 e. The van der Waals surface area contributed by atoms with Gasteiger partial charge < -0.3 is 14.8 Å². The van der Waals surface area contributed by atoms with E-state index in [2.05, 4.69) is 35.5 Å². The van der Waals surface area contributed by atoms with Crippen LogP contribution in [0.1, 0.15) is 45.8 Å². The first-order chi connectivity index (χ1) is 14.0. The molecule has 150 valence electrons. The minimum Gasteiger partial charge on any atom is -0.486 e. The van der Waals surface area contributed by atoms with Gasteiger partial charge in [0.05, 0.1) is 17.4 Å². The molecule has 0 fully saturated rings. The first kappa shape index (κ1) is 19.0. The Balaban J connectivity index is 1.56. The van der Waals surface area contributed by atoms with Crippen LogP contribution >= 0.6 is 0 Å². The number of benzene rings is 2. The highest BCUT2D eigenvalue weighted by Crippen LogP contribution is 2.32. The Morgan fingerprint density at radius 2 is 1.86 bits per heavy atom. The Labute approximate surface area is 169 Å². The molecule has 1 amide bonds. The maximum Gasteiger partial charge on any atom is 0.274 e. The molecule has 2 aromatic carbocycles. The number of aromatic nitrogens is 3. The summed E-state index contributed by atoms with van der Waals surface area (Å²) in [6.45, 7) is 8.98. The van der Waals surface area contributed by atoms with Gasteiger partial charge >= 0.3 is 0 Å². The average Bonchev–Trinajstić information content (AvgIpc) is 3.11. The molecule has 0 aliphatic carbocycles. The van der Waals surface area contributed by atoms with Crippen molar-refractivity contribution in [3.8, 4) is 17.2 Å². The summed E-state index contributed by atoms with van der Waals surface area (Å²) < 4.78 is 12.8. The van der Waals surface area contributed by atoms with Gasteiger partial charge in [-0.2, -0.15) is 0 Å². The number of fused-ring (bicyclic) bond motifs is 1. The molecule has 1 N–H and O–H groups in total. The quantitative estimate of drug-likeness (QED) is 0.736. The summed E-state index contributed by atoms with van der Waals surface area (Å²) in [6.07, 6.45) is 0. The lowest BCUT2D eigenvalue weighted by molar-refractivity contribution is 0.0934. The van der Waals surface area contributed by atoms with Crippen molar-refractivity contribution in [1.82, 2.24) is 20.3 Å². The second-order valence-corrected chi connectivity index (χ2v) is 7.25. The van der Waals surface area contributed by atoms with Crippen molar-refractivity contribution >= 4 is 5.91 Å². The van der Waals surface area contributed by atoms with Crippen LogP contribution in [0.2, 0.25) is 0 Å². The summed E-state index contributed by atoms with van der Waals surface area (Å²) in [5.41, 5.74) is 5.20. The van der Waals surface area contributed by atoms with Gasteiger partial charge in [0, 0.05) is 6.07 Å². The smallest absolute Gasteiger partial charge is 0.274 e. The van der Waals surface area contributed by atoms with E-state index < -0.39 is 0 Å². The van der Waals surface area contributed by atoms with Crippen molar-refractivity contribution in [2.24, 2.45) is 0 Å². The predicted molar refractivity (Wildman–Crippen MR) is 109 cm³/mol. The number of rotatable bonds is 4. The number of carbonyl (C=O) groups excluding carboxylic acids is 1. The first-order valence-corrected chi connectivity index (χ1v) is 9.65. The van der Waals surface area contributed by atoms with E-state index in [1.807, 2.05) is 44.2 Å². The molecule has 1 aliphatic rings. The lowest BCUT2D eigenvalue weighted by atomic mass is 9.98. The zero-order valence-corrected chi connectivity index (χ0v) is 17.0. The van der Waals surface area contributed by atoms with Gasteiger partial charge in [0.15, 0.2) is 17.2 Å². The van der Waals surface area contributed by atoms with E-state index in [4.69, 9.17) is 9.47 Å². The third kappa shape index (κ3) is 3.55. The zero-order chi connectivity index (χ0) is 20.5. The number of nitrogens with zero attached hydrogens (tertiary/aromatic N) is 3. The van der Waals surface area contributed by atoms with Crippen LogP contribution in [0.5, 0.6) is 11.5 Å². The molecule has 1 aliphatic heterocycles. The van der Waals surface area contributed by atoms with Gasteiger partial charge in [0.25, 0.3) is 5.91 Å². The molecule has 7 heteroatoms. The predicted octanol–water partition coefficient (Wildman–Crippen LogP) is 3.45. The Morgan fingerprint density at radius 1 is 1.10 bits per heavy atom. The normalized spacial score (nSPS) is 13.8. The number of aryl methyl sites for hydroxylation is 1. The monoisotopic (exact) mass is 392 g/mol. The van der Waals surface area contributed by atoms with Gasteiger partial charge in [-0.25, -0.2) is 4.68 Å². The van der Waals surface area contributed by atoms with E-state index >= 15 is 0 Å². The molecule has 4 rings (SSSR count). The Hall–Kier alpha value is -3.35. The summed E-state index contributed by atoms with van der Waals surface area (Å²) in [6, 6.07) is 11.5. The van der Waals surface area contributed by atoms with E-state index in [9.17, 15) is 4.79 Å². The highest BCUT2D eigenvalue weighted by molar-refractivity contribution is 5.93. The SMILES string of the molecule is Cc1cccc(C(C)NC(=O)c2nnn(-c3ccc4c(c3)OCCO4)c2C)c1C. The Bertz CT molecular complexity index is 1070. The molecule has 2 heterocycles. The van der Waals surface area contributed by atoms with Crippen LogP contribution in [0.4, 0.5) is 0 Å². The summed E-state index contributed by atoms with van der Waals surface area (Å²) in [5, 5.41) is 11.3. The van der Waals surface area contributed by atoms with E-state index in [0.717, 1.165) is 11.3 Å². The van der Waals surface area contributed by atoms with Crippen molar-refractivity contribution in [1.29, 1.82) is 0 Å². The highest BCUT2D eigenvalue weighted by atomic mass is 16.6. The van der Waals surface area contributed by atoms with Gasteiger partial charge in [-0.15, -0.1) is 5.10 Å². The van der Waals surface area contributed by atoms with Gasteiger partial charge in [-0.3, -0.25) is 4.79 Å². The van der Waals surface area contributed by atoms with E-state index in [1.165, 1.54) is 11.1 Å². The molecular formula is C22H24N4O3. The van der Waals surface area contributed by atoms with Crippen molar-refractivity contribution in [3.63, 3.8) is 0 Å². The standard InChI is InChI=1S/C22H24N4O3/c1-13-6-5-7-18(14(13)2)15(3)23-22(27)21-16(4)26(25-24-21)17-8-9-19-20(12-17)29-11-10-28-19/h5-9,12,15H,10-11H2,1-4H3,(H,23,27). The minimum atomic E-state index is -0.250. The molecule has 7 nitrogen and oxygen atoms in total. The highest BCUT2D eigenvalue weighted by Gasteiger charge is 2.21. The Kier molecular flexibility index (Phi) is 4.96. The number of hydrogen-bond donors (Lipinski definition) is 1. The molecule has 3 aromatic rings. The van der Waals surface area contributed by atoms with Gasteiger partial charge in [0.1, 0.15) is 13.2 Å². The third-order valence-electron chi connectivity index (χ3n) is 5.34. The number of amides is 1. The van der Waals surface area contributed by atoms with Crippen LogP contribution in [0.15, 0.2) is 36.4 Å². The molecule has 0 radical (unpaired) electrons. The molecule has 0 saturated heterocycles. The molecule has 1 atom stereocenters. The van der Waals surface area contributed by atoms with Gasteiger partial charge in [0.2, 0.25) is 0 Å². The average molecular weight is 392 g/mol. The van der Waals surface area contributed by atoms with Crippen molar-refractivity contribution in [2.75, 3.05) is 13.2 Å². The summed E-state index contributed by atoms with van der Waals surface area (Å²) >= 11 is 0. The van der Waals surface area contributed by atoms with Gasteiger partial charge in [-0.1, -0.05) is 23.4 Å². The Morgan fingerprint density at radius 3 is 2.66 bits per heavy atom. The summed E-state index contributed by atoms with van der Waals surface area (Å²) in [4.78, 5) is 12.9. The fourth-order valence-corrected chi connectivity index (χ4v) is 3.53. The van der Waals surface area contributed by atoms with Crippen LogP contribution in [-0.4, -0.2) is 34.1 Å². The number of hydrogen-bond acceptors (Lipinski definition) is 5. The van der Waals surface area contributed by atoms with Crippen LogP contribution in [0.3, 0.4) is 0 Å². The van der Waals surface area contributed by atoms with Crippen molar-refractivity contribution < 1.29 is 14.3 Å². The summed E-state index contributed by atoms with van der Waals surface area (Å²) in [7, 11) is 0. The second kappa shape index (κ2) is 7.58. The fraction of sp³-hybridized carbons (Fsp3) is 0.318. The molecule has 0 saturated carbocycles. The van der Waals surface area contributed by atoms with E-state index in [-0.39, 0.29) is 11.9 Å². The van der Waals surface area contributed by atoms with Crippen LogP contribution in [-0.2, 0) is 0 Å². The molecule has 1 unspecified atom stereocenters. The molecule has 0 spiro atoms. The molecule has 0 bridgehead atoms. The van der Waals surface area contributed by atoms with Crippen molar-refractivity contribution in [3.05, 3.63) is 64.5 Å². The van der Waals surface area contributed by atoms with Gasteiger partial charge in [-0.05, 0) is 56.5 Å². The first-order valence-electron chi connectivity index (χ1n) is 9.65. The minimum absolute atomic E-state index is 0.138. The number of carbonyl (C=O) groups is 1. The van der Waals surface area contributed by atoms with Crippen LogP contribution < -0.4 is 14.8 Å².